The van der Waals surface area contributed by atoms with Crippen LogP contribution in [0.25, 0.3) is 11.4 Å². The summed E-state index contributed by atoms with van der Waals surface area (Å²) in [5.41, 5.74) is 3.54. The Bertz CT molecular complexity index is 955. The molecule has 2 heterocycles. The van der Waals surface area contributed by atoms with E-state index in [4.69, 9.17) is 4.52 Å². The number of aryl methyl sites for hydroxylation is 2. The van der Waals surface area contributed by atoms with Gasteiger partial charge in [0.1, 0.15) is 11.7 Å². The molecule has 1 N–H and O–H groups in total. The Morgan fingerprint density at radius 1 is 1.35 bits per heavy atom. The van der Waals surface area contributed by atoms with E-state index in [9.17, 15) is 4.79 Å². The van der Waals surface area contributed by atoms with Crippen LogP contribution in [0.15, 0.2) is 34.9 Å². The summed E-state index contributed by atoms with van der Waals surface area (Å²) in [7, 11) is 1.87. The zero-order valence-corrected chi connectivity index (χ0v) is 15.1. The number of nitrogens with zero attached hydrogens (tertiary/aromatic N) is 4. The molecule has 1 amide bonds. The molecule has 0 bridgehead atoms. The second kappa shape index (κ2) is 6.40. The molecule has 1 aliphatic carbocycles. The summed E-state index contributed by atoms with van der Waals surface area (Å²) in [6, 6.07) is 9.34. The molecule has 1 fully saturated rings. The molecular formula is C19H21N5O2. The van der Waals surface area contributed by atoms with E-state index in [-0.39, 0.29) is 5.91 Å². The number of nitrogens with one attached hydrogen (secondary N) is 1. The minimum Gasteiger partial charge on any atom is -0.339 e. The molecule has 1 aliphatic rings. The molecule has 1 aromatic carbocycles. The summed E-state index contributed by atoms with van der Waals surface area (Å²) in [6.45, 7) is 3.83. The van der Waals surface area contributed by atoms with Crippen molar-refractivity contribution in [3.05, 3.63) is 53.2 Å². The lowest BCUT2D eigenvalue weighted by Gasteiger charge is -2.07. The lowest BCUT2D eigenvalue weighted by atomic mass is 10.1. The molecule has 7 nitrogen and oxygen atoms in total. The van der Waals surface area contributed by atoms with E-state index < -0.39 is 6.04 Å². The highest BCUT2D eigenvalue weighted by Crippen LogP contribution is 2.39. The molecule has 7 heteroatoms. The van der Waals surface area contributed by atoms with Gasteiger partial charge in [-0.15, -0.1) is 0 Å². The smallest absolute Gasteiger partial charge is 0.272 e. The van der Waals surface area contributed by atoms with Gasteiger partial charge in [0.05, 0.1) is 0 Å². The van der Waals surface area contributed by atoms with Gasteiger partial charge in [0.25, 0.3) is 5.91 Å². The molecule has 3 aromatic rings. The van der Waals surface area contributed by atoms with E-state index in [2.05, 4.69) is 20.6 Å². The lowest BCUT2D eigenvalue weighted by Crippen LogP contribution is -2.27. The van der Waals surface area contributed by atoms with Crippen LogP contribution in [-0.4, -0.2) is 25.8 Å². The third-order valence-electron chi connectivity index (χ3n) is 4.58. The van der Waals surface area contributed by atoms with Crippen molar-refractivity contribution in [3.63, 3.8) is 0 Å². The Kier molecular flexibility index (Phi) is 4.06. The monoisotopic (exact) mass is 351 g/mol. The van der Waals surface area contributed by atoms with Gasteiger partial charge in [0.2, 0.25) is 11.7 Å². The minimum atomic E-state index is -0.403. The van der Waals surface area contributed by atoms with E-state index in [1.165, 1.54) is 12.8 Å². The van der Waals surface area contributed by atoms with Crippen LogP contribution in [0.2, 0.25) is 0 Å². The van der Waals surface area contributed by atoms with Crippen LogP contribution in [-0.2, 0) is 7.05 Å². The minimum absolute atomic E-state index is 0.240. The molecule has 26 heavy (non-hydrogen) atoms. The maximum atomic E-state index is 12.5. The van der Waals surface area contributed by atoms with Gasteiger partial charge in [-0.3, -0.25) is 9.48 Å². The number of hydrogen-bond acceptors (Lipinski definition) is 5. The summed E-state index contributed by atoms with van der Waals surface area (Å²) < 4.78 is 7.12. The van der Waals surface area contributed by atoms with Gasteiger partial charge in [-0.2, -0.15) is 10.1 Å². The first-order chi connectivity index (χ1) is 12.5. The van der Waals surface area contributed by atoms with Crippen molar-refractivity contribution in [2.75, 3.05) is 0 Å². The molecule has 1 saturated carbocycles. The maximum absolute atomic E-state index is 12.5. The van der Waals surface area contributed by atoms with Crippen LogP contribution in [0.1, 0.15) is 59.4 Å². The Labute approximate surface area is 151 Å². The van der Waals surface area contributed by atoms with E-state index in [0.717, 1.165) is 16.8 Å². The molecular weight excluding hydrogens is 330 g/mol. The quantitative estimate of drug-likeness (QED) is 0.763. The SMILES string of the molecule is Cc1cccc(-c2noc([C@@H](C)NC(=O)c3cc(C4CC4)n(C)n3)n2)c1. The zero-order valence-electron chi connectivity index (χ0n) is 15.1. The predicted octanol–water partition coefficient (Wildman–Crippen LogP) is 3.15. The van der Waals surface area contributed by atoms with Gasteiger partial charge >= 0.3 is 0 Å². The summed E-state index contributed by atoms with van der Waals surface area (Å²) >= 11 is 0. The summed E-state index contributed by atoms with van der Waals surface area (Å²) in [4.78, 5) is 16.9. The van der Waals surface area contributed by atoms with Crippen molar-refractivity contribution >= 4 is 5.91 Å². The van der Waals surface area contributed by atoms with Crippen molar-refractivity contribution in [2.45, 2.75) is 38.6 Å². The molecule has 0 aliphatic heterocycles. The first-order valence-electron chi connectivity index (χ1n) is 8.76. The summed E-state index contributed by atoms with van der Waals surface area (Å²) in [5, 5.41) is 11.2. The van der Waals surface area contributed by atoms with Gasteiger partial charge < -0.3 is 9.84 Å². The van der Waals surface area contributed by atoms with Gasteiger partial charge in [-0.25, -0.2) is 0 Å². The number of hydrogen-bond donors (Lipinski definition) is 1. The molecule has 4 rings (SSSR count). The molecule has 0 radical (unpaired) electrons. The average Bonchev–Trinajstić information content (AvgIpc) is 3.18. The van der Waals surface area contributed by atoms with Gasteiger partial charge in [-0.1, -0.05) is 28.9 Å². The average molecular weight is 351 g/mol. The van der Waals surface area contributed by atoms with Crippen LogP contribution >= 0.6 is 0 Å². The largest absolute Gasteiger partial charge is 0.339 e. The van der Waals surface area contributed by atoms with Crippen molar-refractivity contribution in [1.82, 2.24) is 25.2 Å². The maximum Gasteiger partial charge on any atom is 0.272 e. The fourth-order valence-electron chi connectivity index (χ4n) is 3.00. The zero-order chi connectivity index (χ0) is 18.3. The van der Waals surface area contributed by atoms with Crippen LogP contribution in [0.4, 0.5) is 0 Å². The number of carbonyl (C=O) groups excluding carboxylic acids is 1. The van der Waals surface area contributed by atoms with Gasteiger partial charge in [0, 0.05) is 24.2 Å². The number of amides is 1. The van der Waals surface area contributed by atoms with E-state index in [0.29, 0.717) is 23.3 Å². The Morgan fingerprint density at radius 2 is 2.15 bits per heavy atom. The topological polar surface area (TPSA) is 85.8 Å². The van der Waals surface area contributed by atoms with E-state index in [1.54, 1.807) is 4.68 Å². The summed E-state index contributed by atoms with van der Waals surface area (Å²) in [6.07, 6.45) is 2.33. The third kappa shape index (κ3) is 3.24. The molecule has 2 aromatic heterocycles. The Hall–Kier alpha value is -2.96. The van der Waals surface area contributed by atoms with Gasteiger partial charge in [-0.05, 0) is 38.8 Å². The van der Waals surface area contributed by atoms with Crippen molar-refractivity contribution in [1.29, 1.82) is 0 Å². The van der Waals surface area contributed by atoms with Crippen LogP contribution < -0.4 is 5.32 Å². The highest BCUT2D eigenvalue weighted by atomic mass is 16.5. The van der Waals surface area contributed by atoms with Crippen LogP contribution in [0.3, 0.4) is 0 Å². The number of benzene rings is 1. The van der Waals surface area contributed by atoms with Gasteiger partial charge in [0.15, 0.2) is 0 Å². The number of carbonyl (C=O) groups is 1. The highest BCUT2D eigenvalue weighted by Gasteiger charge is 2.28. The van der Waals surface area contributed by atoms with Crippen LogP contribution in [0, 0.1) is 6.92 Å². The second-order valence-electron chi connectivity index (χ2n) is 6.87. The molecule has 134 valence electrons. The van der Waals surface area contributed by atoms with Crippen molar-refractivity contribution in [2.24, 2.45) is 7.05 Å². The fourth-order valence-corrected chi connectivity index (χ4v) is 3.00. The Morgan fingerprint density at radius 3 is 2.88 bits per heavy atom. The Balaban J connectivity index is 1.47. The van der Waals surface area contributed by atoms with Crippen molar-refractivity contribution < 1.29 is 9.32 Å². The van der Waals surface area contributed by atoms with E-state index >= 15 is 0 Å². The first kappa shape index (κ1) is 16.5. The van der Waals surface area contributed by atoms with Crippen LogP contribution in [0.5, 0.6) is 0 Å². The lowest BCUT2D eigenvalue weighted by molar-refractivity contribution is 0.0926. The number of aromatic nitrogens is 4. The molecule has 0 spiro atoms. The molecule has 0 saturated heterocycles. The normalized spacial score (nSPS) is 15.0. The first-order valence-corrected chi connectivity index (χ1v) is 8.76. The second-order valence-corrected chi connectivity index (χ2v) is 6.87. The fraction of sp³-hybridized carbons (Fsp3) is 0.368. The standard InChI is InChI=1S/C19H21N5O2/c1-11-5-4-6-14(9-11)17-21-19(26-23-17)12(2)20-18(25)15-10-16(13-7-8-13)24(3)22-15/h4-6,9-10,12-13H,7-8H2,1-3H3,(H,20,25)/t12-/m1/s1. The third-order valence-corrected chi connectivity index (χ3v) is 4.58. The summed E-state index contributed by atoms with van der Waals surface area (Å²) in [5.74, 6) is 1.18. The highest BCUT2D eigenvalue weighted by molar-refractivity contribution is 5.92. The number of rotatable bonds is 5. The molecule has 0 unspecified atom stereocenters. The predicted molar refractivity (Wildman–Crippen MR) is 95.5 cm³/mol. The van der Waals surface area contributed by atoms with Crippen molar-refractivity contribution in [3.8, 4) is 11.4 Å². The van der Waals surface area contributed by atoms with E-state index in [1.807, 2.05) is 51.2 Å². The molecule has 1 atom stereocenters.